The van der Waals surface area contributed by atoms with Crippen molar-refractivity contribution in [1.82, 2.24) is 0 Å². The normalized spacial score (nSPS) is 21.9. The summed E-state index contributed by atoms with van der Waals surface area (Å²) in [5, 5.41) is 0. The number of hydrogen-bond acceptors (Lipinski definition) is 3. The standard InChI is InChI=1S/C22H24OS2/c1-2-7-16-9-10-18(24-16)19-11-12-20(25-19)21(23)17-8-3-4-13-22(17)14-5-6-15-22/h9-12,17H,3-6,8,13-15H2,1H3. The molecule has 25 heavy (non-hydrogen) atoms. The van der Waals surface area contributed by atoms with E-state index in [1.165, 1.54) is 54.7 Å². The van der Waals surface area contributed by atoms with Crippen LogP contribution in [0.3, 0.4) is 0 Å². The van der Waals surface area contributed by atoms with Crippen molar-refractivity contribution >= 4 is 28.5 Å². The largest absolute Gasteiger partial charge is 0.293 e. The molecule has 3 heteroatoms. The van der Waals surface area contributed by atoms with E-state index < -0.39 is 0 Å². The van der Waals surface area contributed by atoms with Gasteiger partial charge in [-0.25, -0.2) is 0 Å². The van der Waals surface area contributed by atoms with E-state index >= 15 is 0 Å². The van der Waals surface area contributed by atoms with Gasteiger partial charge in [-0.05, 0) is 62.3 Å². The van der Waals surface area contributed by atoms with Crippen LogP contribution < -0.4 is 0 Å². The zero-order chi connectivity index (χ0) is 17.3. The fourth-order valence-electron chi connectivity index (χ4n) is 4.83. The van der Waals surface area contributed by atoms with Gasteiger partial charge in [0.05, 0.1) is 9.75 Å². The molecule has 0 aliphatic heterocycles. The molecule has 1 unspecified atom stereocenters. The second kappa shape index (κ2) is 7.09. The van der Waals surface area contributed by atoms with Crippen LogP contribution in [0.4, 0.5) is 0 Å². The van der Waals surface area contributed by atoms with Crippen molar-refractivity contribution < 1.29 is 4.79 Å². The topological polar surface area (TPSA) is 17.1 Å². The Hall–Kier alpha value is -1.37. The molecule has 0 saturated heterocycles. The number of hydrogen-bond donors (Lipinski definition) is 0. The summed E-state index contributed by atoms with van der Waals surface area (Å²) in [5.41, 5.74) is 0.326. The molecule has 0 amide bonds. The lowest BCUT2D eigenvalue weighted by Gasteiger charge is -2.40. The molecule has 1 atom stereocenters. The summed E-state index contributed by atoms with van der Waals surface area (Å²) in [6.45, 7) is 1.87. The summed E-state index contributed by atoms with van der Waals surface area (Å²) in [5.74, 6) is 6.75. The molecule has 0 radical (unpaired) electrons. The Morgan fingerprint density at radius 2 is 1.68 bits per heavy atom. The molecule has 2 fully saturated rings. The highest BCUT2D eigenvalue weighted by molar-refractivity contribution is 7.23. The molecule has 2 saturated carbocycles. The third-order valence-corrected chi connectivity index (χ3v) is 8.31. The van der Waals surface area contributed by atoms with Crippen LogP contribution in [0.2, 0.25) is 0 Å². The molecule has 0 bridgehead atoms. The highest BCUT2D eigenvalue weighted by Gasteiger charge is 2.46. The summed E-state index contributed by atoms with van der Waals surface area (Å²) >= 11 is 3.39. The summed E-state index contributed by atoms with van der Waals surface area (Å²) in [4.78, 5) is 17.8. The third kappa shape index (κ3) is 3.23. The monoisotopic (exact) mass is 368 g/mol. The Morgan fingerprint density at radius 3 is 2.44 bits per heavy atom. The number of thiophene rings is 2. The van der Waals surface area contributed by atoms with Gasteiger partial charge in [-0.1, -0.05) is 31.6 Å². The summed E-state index contributed by atoms with van der Waals surface area (Å²) < 4.78 is 0. The maximum absolute atomic E-state index is 13.3. The van der Waals surface area contributed by atoms with Gasteiger partial charge < -0.3 is 0 Å². The summed E-state index contributed by atoms with van der Waals surface area (Å²) in [7, 11) is 0. The van der Waals surface area contributed by atoms with Gasteiger partial charge in [-0.2, -0.15) is 0 Å². The Morgan fingerprint density at radius 1 is 1.00 bits per heavy atom. The Balaban J connectivity index is 1.58. The fraction of sp³-hybridized carbons (Fsp3) is 0.500. The average molecular weight is 369 g/mol. The van der Waals surface area contributed by atoms with Crippen molar-refractivity contribution in [3.05, 3.63) is 34.0 Å². The van der Waals surface area contributed by atoms with Crippen LogP contribution in [0.5, 0.6) is 0 Å². The number of rotatable bonds is 3. The summed E-state index contributed by atoms with van der Waals surface area (Å²) in [6, 6.07) is 8.39. The zero-order valence-corrected chi connectivity index (χ0v) is 16.4. The van der Waals surface area contributed by atoms with E-state index in [2.05, 4.69) is 36.1 Å². The smallest absolute Gasteiger partial charge is 0.176 e. The van der Waals surface area contributed by atoms with Crippen LogP contribution >= 0.6 is 22.7 Å². The minimum absolute atomic E-state index is 0.264. The van der Waals surface area contributed by atoms with Crippen molar-refractivity contribution in [2.45, 2.75) is 58.3 Å². The minimum atomic E-state index is 0.264. The minimum Gasteiger partial charge on any atom is -0.293 e. The van der Waals surface area contributed by atoms with Crippen molar-refractivity contribution in [3.63, 3.8) is 0 Å². The zero-order valence-electron chi connectivity index (χ0n) is 14.8. The van der Waals surface area contributed by atoms with Gasteiger partial charge in [-0.15, -0.1) is 28.6 Å². The first-order valence-corrected chi connectivity index (χ1v) is 11.0. The predicted molar refractivity (Wildman–Crippen MR) is 107 cm³/mol. The fourth-order valence-corrected chi connectivity index (χ4v) is 6.83. The van der Waals surface area contributed by atoms with Gasteiger partial charge in [0.15, 0.2) is 5.78 Å². The second-order valence-corrected chi connectivity index (χ2v) is 9.60. The van der Waals surface area contributed by atoms with Crippen molar-refractivity contribution in [2.24, 2.45) is 11.3 Å². The van der Waals surface area contributed by atoms with E-state index in [0.717, 1.165) is 16.2 Å². The number of carbonyl (C=O) groups excluding carboxylic acids is 1. The molecule has 0 N–H and O–H groups in total. The van der Waals surface area contributed by atoms with Crippen LogP contribution in [-0.4, -0.2) is 5.78 Å². The van der Waals surface area contributed by atoms with E-state index in [1.54, 1.807) is 22.7 Å². The van der Waals surface area contributed by atoms with Gasteiger partial charge in [0.1, 0.15) is 0 Å². The molecule has 130 valence electrons. The van der Waals surface area contributed by atoms with E-state index in [4.69, 9.17) is 0 Å². The first-order valence-electron chi connectivity index (χ1n) is 9.39. The van der Waals surface area contributed by atoms with E-state index in [-0.39, 0.29) is 5.92 Å². The second-order valence-electron chi connectivity index (χ2n) is 7.43. The van der Waals surface area contributed by atoms with Crippen LogP contribution in [0, 0.1) is 23.2 Å². The molecular weight excluding hydrogens is 344 g/mol. The SMILES string of the molecule is CC#Cc1ccc(-c2ccc(C(=O)C3CCCCC34CCCC4)s2)s1. The lowest BCUT2D eigenvalue weighted by molar-refractivity contribution is 0.0611. The molecule has 1 spiro atoms. The molecule has 0 aromatic carbocycles. The Bertz CT molecular complexity index is 824. The number of ketones is 1. The maximum Gasteiger partial charge on any atom is 0.176 e. The molecule has 2 aliphatic carbocycles. The molecule has 2 aromatic rings. The molecule has 2 aromatic heterocycles. The van der Waals surface area contributed by atoms with Crippen LogP contribution in [-0.2, 0) is 0 Å². The quantitative estimate of drug-likeness (QED) is 0.431. The first-order chi connectivity index (χ1) is 12.2. The predicted octanol–water partition coefficient (Wildman–Crippen LogP) is 6.78. The summed E-state index contributed by atoms with van der Waals surface area (Å²) in [6.07, 6.45) is 10.1. The molecular formula is C22H24OS2. The molecule has 4 rings (SSSR count). The van der Waals surface area contributed by atoms with Gasteiger partial charge in [0, 0.05) is 15.7 Å². The molecule has 1 nitrogen and oxygen atoms in total. The number of Topliss-reactive ketones (excluding diaryl/α,β-unsaturated/α-hetero) is 1. The van der Waals surface area contributed by atoms with Gasteiger partial charge in [0.2, 0.25) is 0 Å². The van der Waals surface area contributed by atoms with Crippen molar-refractivity contribution in [3.8, 4) is 21.6 Å². The Labute approximate surface area is 158 Å². The number of carbonyl (C=O) groups is 1. The van der Waals surface area contributed by atoms with Crippen LogP contribution in [0.25, 0.3) is 9.75 Å². The van der Waals surface area contributed by atoms with Crippen molar-refractivity contribution in [1.29, 1.82) is 0 Å². The third-order valence-electron chi connectivity index (χ3n) is 6.02. The van der Waals surface area contributed by atoms with E-state index in [1.807, 2.05) is 6.92 Å². The Kier molecular flexibility index (Phi) is 4.84. The van der Waals surface area contributed by atoms with Gasteiger partial charge >= 0.3 is 0 Å². The van der Waals surface area contributed by atoms with E-state index in [0.29, 0.717) is 11.2 Å². The van der Waals surface area contributed by atoms with Gasteiger partial charge in [-0.3, -0.25) is 4.79 Å². The first kappa shape index (κ1) is 17.1. The highest BCUT2D eigenvalue weighted by atomic mass is 32.1. The van der Waals surface area contributed by atoms with Crippen LogP contribution in [0.15, 0.2) is 24.3 Å². The molecule has 2 heterocycles. The lowest BCUT2D eigenvalue weighted by Crippen LogP contribution is -2.36. The van der Waals surface area contributed by atoms with Gasteiger partial charge in [0.25, 0.3) is 0 Å². The molecule has 2 aliphatic rings. The highest BCUT2D eigenvalue weighted by Crippen LogP contribution is 2.53. The lowest BCUT2D eigenvalue weighted by atomic mass is 9.63. The van der Waals surface area contributed by atoms with Crippen LogP contribution in [0.1, 0.15) is 72.8 Å². The van der Waals surface area contributed by atoms with Crippen molar-refractivity contribution in [2.75, 3.05) is 0 Å². The van der Waals surface area contributed by atoms with E-state index in [9.17, 15) is 4.79 Å². The maximum atomic E-state index is 13.3. The average Bonchev–Trinajstić information content (AvgIpc) is 3.35.